The molecular weight excluding hydrogens is 268 g/mol. The van der Waals surface area contributed by atoms with Crippen molar-refractivity contribution in [3.8, 4) is 0 Å². The van der Waals surface area contributed by atoms with E-state index >= 15 is 0 Å². The average molecular weight is 286 g/mol. The molecule has 0 aliphatic heterocycles. The van der Waals surface area contributed by atoms with E-state index in [1.807, 2.05) is 42.2 Å². The van der Waals surface area contributed by atoms with E-state index in [1.54, 1.807) is 19.1 Å². The van der Waals surface area contributed by atoms with E-state index in [1.165, 1.54) is 6.07 Å². The van der Waals surface area contributed by atoms with Crippen LogP contribution in [0.1, 0.15) is 25.5 Å². The fourth-order valence-corrected chi connectivity index (χ4v) is 2.27. The first-order chi connectivity index (χ1) is 10.0. The molecule has 5 heteroatoms. The number of benzene rings is 2. The fourth-order valence-electron chi connectivity index (χ4n) is 2.27. The molecule has 0 radical (unpaired) electrons. The summed E-state index contributed by atoms with van der Waals surface area (Å²) in [5.41, 5.74) is 1.96. The Kier molecular flexibility index (Phi) is 4.55. The average Bonchev–Trinajstić information content (AvgIpc) is 2.49. The predicted molar refractivity (Wildman–Crippen MR) is 82.9 cm³/mol. The molecule has 2 aromatic rings. The fraction of sp³-hybridized carbons (Fsp3) is 0.250. The topological polar surface area (TPSA) is 66.6 Å². The maximum Gasteiger partial charge on any atom is 0.293 e. The molecule has 5 nitrogen and oxygen atoms in total. The highest BCUT2D eigenvalue weighted by molar-refractivity contribution is 5.72. The number of para-hydroxylation sites is 1. The van der Waals surface area contributed by atoms with Crippen molar-refractivity contribution in [3.05, 3.63) is 64.2 Å². The third kappa shape index (κ3) is 3.20. The van der Waals surface area contributed by atoms with Gasteiger partial charge in [-0.2, -0.15) is 0 Å². The van der Waals surface area contributed by atoms with Gasteiger partial charge in [0.25, 0.3) is 5.69 Å². The van der Waals surface area contributed by atoms with Crippen LogP contribution in [0.25, 0.3) is 0 Å². The van der Waals surface area contributed by atoms with E-state index in [0.717, 1.165) is 5.69 Å². The van der Waals surface area contributed by atoms with Crippen LogP contribution in [-0.2, 0) is 0 Å². The van der Waals surface area contributed by atoms with Gasteiger partial charge in [0.1, 0.15) is 5.69 Å². The number of hydrogen-bond donors (Lipinski definition) is 1. The van der Waals surface area contributed by atoms with E-state index in [-0.39, 0.29) is 5.69 Å². The maximum absolute atomic E-state index is 11.3. The molecule has 0 bridgehead atoms. The van der Waals surface area contributed by atoms with E-state index < -0.39 is 11.0 Å². The Labute approximate surface area is 123 Å². The Balaban J connectivity index is 2.53. The molecule has 0 fully saturated rings. The molecule has 0 saturated heterocycles. The van der Waals surface area contributed by atoms with Crippen LogP contribution in [0.3, 0.4) is 0 Å². The summed E-state index contributed by atoms with van der Waals surface area (Å²) in [7, 11) is 0. The quantitative estimate of drug-likeness (QED) is 0.670. The van der Waals surface area contributed by atoms with Crippen molar-refractivity contribution in [2.45, 2.75) is 20.0 Å². The maximum atomic E-state index is 11.3. The Hall–Kier alpha value is -2.40. The number of anilines is 2. The summed E-state index contributed by atoms with van der Waals surface area (Å²) >= 11 is 0. The van der Waals surface area contributed by atoms with E-state index in [4.69, 9.17) is 0 Å². The summed E-state index contributed by atoms with van der Waals surface area (Å²) in [6.07, 6.45) is -0.732. The largest absolute Gasteiger partial charge is 0.389 e. The lowest BCUT2D eigenvalue weighted by molar-refractivity contribution is -0.384. The zero-order valence-electron chi connectivity index (χ0n) is 12.1. The number of hydrogen-bond acceptors (Lipinski definition) is 4. The molecule has 1 atom stereocenters. The van der Waals surface area contributed by atoms with E-state index in [0.29, 0.717) is 17.8 Å². The van der Waals surface area contributed by atoms with E-state index in [2.05, 4.69) is 0 Å². The van der Waals surface area contributed by atoms with Crippen LogP contribution in [0, 0.1) is 10.1 Å². The molecule has 21 heavy (non-hydrogen) atoms. The van der Waals surface area contributed by atoms with Crippen LogP contribution in [0.5, 0.6) is 0 Å². The smallest absolute Gasteiger partial charge is 0.293 e. The highest BCUT2D eigenvalue weighted by Crippen LogP contribution is 2.35. The number of rotatable bonds is 5. The van der Waals surface area contributed by atoms with Crippen molar-refractivity contribution >= 4 is 17.1 Å². The van der Waals surface area contributed by atoms with Gasteiger partial charge in [0.05, 0.1) is 11.0 Å². The highest BCUT2D eigenvalue weighted by Gasteiger charge is 2.21. The molecule has 110 valence electrons. The van der Waals surface area contributed by atoms with Gasteiger partial charge in [-0.3, -0.25) is 10.1 Å². The molecule has 0 aliphatic carbocycles. The highest BCUT2D eigenvalue weighted by atomic mass is 16.6. The number of nitro groups is 1. The van der Waals surface area contributed by atoms with Gasteiger partial charge in [-0.1, -0.05) is 24.3 Å². The SMILES string of the molecule is CCN(c1ccccc1)c1ccc(C(C)O)cc1[N+](=O)[O-]. The van der Waals surface area contributed by atoms with Gasteiger partial charge < -0.3 is 10.0 Å². The molecular formula is C16H18N2O3. The van der Waals surface area contributed by atoms with Crippen molar-refractivity contribution in [1.29, 1.82) is 0 Å². The molecule has 2 aromatic carbocycles. The number of aliphatic hydroxyl groups is 1. The lowest BCUT2D eigenvalue weighted by atomic mass is 10.1. The molecule has 0 heterocycles. The summed E-state index contributed by atoms with van der Waals surface area (Å²) in [6, 6.07) is 14.4. The second-order valence-corrected chi connectivity index (χ2v) is 4.76. The van der Waals surface area contributed by atoms with Crippen LogP contribution in [0.15, 0.2) is 48.5 Å². The van der Waals surface area contributed by atoms with Crippen molar-refractivity contribution in [3.63, 3.8) is 0 Å². The monoisotopic (exact) mass is 286 g/mol. The first-order valence-electron chi connectivity index (χ1n) is 6.83. The van der Waals surface area contributed by atoms with Gasteiger partial charge in [-0.05, 0) is 37.6 Å². The standard InChI is InChI=1S/C16H18N2O3/c1-3-17(14-7-5-4-6-8-14)15-10-9-13(12(2)19)11-16(15)18(20)21/h4-12,19H,3H2,1-2H3. The van der Waals surface area contributed by atoms with E-state index in [9.17, 15) is 15.2 Å². The number of aliphatic hydroxyl groups excluding tert-OH is 1. The molecule has 2 rings (SSSR count). The lowest BCUT2D eigenvalue weighted by Gasteiger charge is -2.23. The van der Waals surface area contributed by atoms with Crippen LogP contribution >= 0.6 is 0 Å². The molecule has 0 aromatic heterocycles. The zero-order chi connectivity index (χ0) is 15.4. The van der Waals surface area contributed by atoms with Crippen molar-refractivity contribution in [2.75, 3.05) is 11.4 Å². The summed E-state index contributed by atoms with van der Waals surface area (Å²) in [5, 5.41) is 20.9. The van der Waals surface area contributed by atoms with Crippen LogP contribution in [-0.4, -0.2) is 16.6 Å². The van der Waals surface area contributed by atoms with Crippen molar-refractivity contribution < 1.29 is 10.0 Å². The first-order valence-corrected chi connectivity index (χ1v) is 6.83. The summed E-state index contributed by atoms with van der Waals surface area (Å²) in [4.78, 5) is 12.8. The van der Waals surface area contributed by atoms with Crippen molar-refractivity contribution in [1.82, 2.24) is 0 Å². The number of nitrogens with zero attached hydrogens (tertiary/aromatic N) is 2. The van der Waals surface area contributed by atoms with Crippen LogP contribution in [0.4, 0.5) is 17.1 Å². The minimum atomic E-state index is -0.732. The zero-order valence-corrected chi connectivity index (χ0v) is 12.1. The molecule has 1 N–H and O–H groups in total. The first kappa shape index (κ1) is 15.0. The minimum absolute atomic E-state index is 0.000830. The summed E-state index contributed by atoms with van der Waals surface area (Å²) in [6.45, 7) is 4.14. The second kappa shape index (κ2) is 6.37. The predicted octanol–water partition coefficient (Wildman–Crippen LogP) is 3.81. The van der Waals surface area contributed by atoms with Gasteiger partial charge in [0, 0.05) is 18.3 Å². The van der Waals surface area contributed by atoms with Gasteiger partial charge in [0.2, 0.25) is 0 Å². The summed E-state index contributed by atoms with van der Waals surface area (Å²) in [5.74, 6) is 0. The Morgan fingerprint density at radius 3 is 2.43 bits per heavy atom. The normalized spacial score (nSPS) is 12.0. The molecule has 0 aliphatic rings. The van der Waals surface area contributed by atoms with Gasteiger partial charge >= 0.3 is 0 Å². The third-order valence-electron chi connectivity index (χ3n) is 3.35. The Morgan fingerprint density at radius 2 is 1.90 bits per heavy atom. The van der Waals surface area contributed by atoms with Gasteiger partial charge in [0.15, 0.2) is 0 Å². The molecule has 1 unspecified atom stereocenters. The molecule has 0 saturated carbocycles. The van der Waals surface area contributed by atoms with Crippen molar-refractivity contribution in [2.24, 2.45) is 0 Å². The van der Waals surface area contributed by atoms with Crippen LogP contribution in [0.2, 0.25) is 0 Å². The Morgan fingerprint density at radius 1 is 1.24 bits per heavy atom. The minimum Gasteiger partial charge on any atom is -0.389 e. The third-order valence-corrected chi connectivity index (χ3v) is 3.35. The Bertz CT molecular complexity index is 627. The van der Waals surface area contributed by atoms with Crippen LogP contribution < -0.4 is 4.90 Å². The molecule has 0 spiro atoms. The summed E-state index contributed by atoms with van der Waals surface area (Å²) < 4.78 is 0. The molecule has 0 amide bonds. The number of nitro benzene ring substituents is 1. The lowest BCUT2D eigenvalue weighted by Crippen LogP contribution is -2.17. The van der Waals surface area contributed by atoms with Gasteiger partial charge in [-0.15, -0.1) is 0 Å². The second-order valence-electron chi connectivity index (χ2n) is 4.76. The van der Waals surface area contributed by atoms with Gasteiger partial charge in [-0.25, -0.2) is 0 Å².